The van der Waals surface area contributed by atoms with Crippen LogP contribution in [0.5, 0.6) is 0 Å². The zero-order valence-corrected chi connectivity index (χ0v) is 12.2. The highest BCUT2D eigenvalue weighted by atomic mass is 32.2. The molecule has 0 aromatic heterocycles. The molecule has 0 saturated heterocycles. The SMILES string of the molecule is CCC(NC1=NC(C)C(C)CS1)c1ccccc1. The van der Waals surface area contributed by atoms with Gasteiger partial charge in [-0.25, -0.2) is 0 Å². The van der Waals surface area contributed by atoms with Gasteiger partial charge in [0.15, 0.2) is 5.17 Å². The smallest absolute Gasteiger partial charge is 0.157 e. The lowest BCUT2D eigenvalue weighted by Gasteiger charge is -2.27. The van der Waals surface area contributed by atoms with Crippen molar-refractivity contribution in [3.8, 4) is 0 Å². The maximum Gasteiger partial charge on any atom is 0.157 e. The molecule has 1 N–H and O–H groups in total. The van der Waals surface area contributed by atoms with E-state index in [9.17, 15) is 0 Å². The molecule has 0 bridgehead atoms. The molecule has 1 heterocycles. The molecule has 0 aliphatic carbocycles. The first-order chi connectivity index (χ1) is 8.70. The van der Waals surface area contributed by atoms with Gasteiger partial charge in [-0.15, -0.1) is 0 Å². The predicted octanol–water partition coefficient (Wildman–Crippen LogP) is 3.85. The standard InChI is InChI=1S/C15H22N2S/c1-4-14(13-8-6-5-7-9-13)17-15-16-12(3)11(2)10-18-15/h5-9,11-12,14H,4,10H2,1-3H3,(H,16,17). The molecule has 18 heavy (non-hydrogen) atoms. The van der Waals surface area contributed by atoms with Crippen molar-refractivity contribution in [2.45, 2.75) is 39.3 Å². The van der Waals surface area contributed by atoms with Crippen LogP contribution in [0, 0.1) is 5.92 Å². The Balaban J connectivity index is 2.06. The van der Waals surface area contributed by atoms with Crippen molar-refractivity contribution in [3.05, 3.63) is 35.9 Å². The fourth-order valence-corrected chi connectivity index (χ4v) is 3.20. The van der Waals surface area contributed by atoms with Gasteiger partial charge in [0.2, 0.25) is 0 Å². The van der Waals surface area contributed by atoms with Gasteiger partial charge in [-0.2, -0.15) is 0 Å². The van der Waals surface area contributed by atoms with Gasteiger partial charge in [-0.3, -0.25) is 4.99 Å². The Labute approximate surface area is 114 Å². The quantitative estimate of drug-likeness (QED) is 0.894. The van der Waals surface area contributed by atoms with E-state index in [-0.39, 0.29) is 0 Å². The molecule has 1 aliphatic rings. The van der Waals surface area contributed by atoms with Gasteiger partial charge in [-0.1, -0.05) is 55.9 Å². The lowest BCUT2D eigenvalue weighted by Crippen LogP contribution is -2.32. The van der Waals surface area contributed by atoms with Gasteiger partial charge >= 0.3 is 0 Å². The molecule has 0 saturated carbocycles. The van der Waals surface area contributed by atoms with Crippen molar-refractivity contribution in [1.29, 1.82) is 0 Å². The monoisotopic (exact) mass is 262 g/mol. The van der Waals surface area contributed by atoms with Crippen LogP contribution >= 0.6 is 11.8 Å². The highest BCUT2D eigenvalue weighted by Crippen LogP contribution is 2.24. The Morgan fingerprint density at radius 1 is 1.33 bits per heavy atom. The molecule has 2 nitrogen and oxygen atoms in total. The first kappa shape index (κ1) is 13.5. The van der Waals surface area contributed by atoms with E-state index in [4.69, 9.17) is 4.99 Å². The van der Waals surface area contributed by atoms with Gasteiger partial charge < -0.3 is 5.32 Å². The number of rotatable bonds is 3. The summed E-state index contributed by atoms with van der Waals surface area (Å²) in [6.07, 6.45) is 1.08. The third-order valence-electron chi connectivity index (χ3n) is 3.54. The van der Waals surface area contributed by atoms with Gasteiger partial charge in [0.25, 0.3) is 0 Å². The topological polar surface area (TPSA) is 24.4 Å². The number of thioether (sulfide) groups is 1. The lowest BCUT2D eigenvalue weighted by atomic mass is 10.1. The maximum atomic E-state index is 4.75. The Kier molecular flexibility index (Phi) is 4.70. The van der Waals surface area contributed by atoms with Gasteiger partial charge in [0, 0.05) is 5.75 Å². The second-order valence-electron chi connectivity index (χ2n) is 4.98. The summed E-state index contributed by atoms with van der Waals surface area (Å²) >= 11 is 1.85. The van der Waals surface area contributed by atoms with Crippen LogP contribution in [0.1, 0.15) is 38.8 Å². The second-order valence-corrected chi connectivity index (χ2v) is 5.99. The average molecular weight is 262 g/mol. The number of amidine groups is 1. The van der Waals surface area contributed by atoms with Crippen molar-refractivity contribution >= 4 is 16.9 Å². The Morgan fingerprint density at radius 2 is 2.06 bits per heavy atom. The molecular formula is C15H22N2S. The molecule has 3 heteroatoms. The zero-order chi connectivity index (χ0) is 13.0. The van der Waals surface area contributed by atoms with Gasteiger partial charge in [-0.05, 0) is 24.8 Å². The van der Waals surface area contributed by atoms with Crippen molar-refractivity contribution in [2.75, 3.05) is 5.75 Å². The lowest BCUT2D eigenvalue weighted by molar-refractivity contribution is 0.529. The number of hydrogen-bond donors (Lipinski definition) is 1. The second kappa shape index (κ2) is 6.28. The summed E-state index contributed by atoms with van der Waals surface area (Å²) in [5, 5.41) is 4.69. The van der Waals surface area contributed by atoms with Crippen LogP contribution in [0.3, 0.4) is 0 Å². The van der Waals surface area contributed by atoms with Gasteiger partial charge in [0.1, 0.15) is 0 Å². The molecule has 2 rings (SSSR count). The number of benzene rings is 1. The fraction of sp³-hybridized carbons (Fsp3) is 0.533. The van der Waals surface area contributed by atoms with Crippen LogP contribution in [0.25, 0.3) is 0 Å². The molecule has 3 atom stereocenters. The third-order valence-corrected chi connectivity index (χ3v) is 4.72. The molecule has 1 aromatic rings. The van der Waals surface area contributed by atoms with Crippen LogP contribution in [0.4, 0.5) is 0 Å². The maximum absolute atomic E-state index is 4.75. The minimum Gasteiger partial charge on any atom is -0.358 e. The molecule has 3 unspecified atom stereocenters. The van der Waals surface area contributed by atoms with Crippen molar-refractivity contribution in [3.63, 3.8) is 0 Å². The van der Waals surface area contributed by atoms with E-state index < -0.39 is 0 Å². The van der Waals surface area contributed by atoms with E-state index in [1.54, 1.807) is 0 Å². The predicted molar refractivity (Wildman–Crippen MR) is 81.1 cm³/mol. The molecule has 0 spiro atoms. The minimum absolute atomic E-state index is 0.373. The number of hydrogen-bond acceptors (Lipinski definition) is 3. The fourth-order valence-electron chi connectivity index (χ4n) is 2.03. The summed E-state index contributed by atoms with van der Waals surface area (Å²) in [4.78, 5) is 4.75. The molecular weight excluding hydrogens is 240 g/mol. The first-order valence-corrected chi connectivity index (χ1v) is 7.71. The van der Waals surface area contributed by atoms with Crippen molar-refractivity contribution in [1.82, 2.24) is 5.32 Å². The van der Waals surface area contributed by atoms with E-state index in [0.717, 1.165) is 17.3 Å². The highest BCUT2D eigenvalue weighted by Gasteiger charge is 2.21. The largest absolute Gasteiger partial charge is 0.358 e. The molecule has 0 amide bonds. The molecule has 1 aliphatic heterocycles. The normalized spacial score (nSPS) is 25.4. The van der Waals surface area contributed by atoms with Gasteiger partial charge in [0.05, 0.1) is 12.1 Å². The van der Waals surface area contributed by atoms with Crippen LogP contribution in [-0.2, 0) is 0 Å². The average Bonchev–Trinajstić information content (AvgIpc) is 2.41. The van der Waals surface area contributed by atoms with E-state index in [2.05, 4.69) is 56.4 Å². The highest BCUT2D eigenvalue weighted by molar-refractivity contribution is 8.13. The molecule has 0 radical (unpaired) electrons. The van der Waals surface area contributed by atoms with E-state index >= 15 is 0 Å². The summed E-state index contributed by atoms with van der Waals surface area (Å²) in [6.45, 7) is 6.69. The van der Waals surface area contributed by atoms with Crippen LogP contribution in [0.15, 0.2) is 35.3 Å². The number of nitrogens with one attached hydrogen (secondary N) is 1. The van der Waals surface area contributed by atoms with Crippen LogP contribution < -0.4 is 5.32 Å². The molecule has 98 valence electrons. The summed E-state index contributed by atoms with van der Waals surface area (Å²) in [5.74, 6) is 1.84. The molecule has 1 aromatic carbocycles. The third kappa shape index (κ3) is 3.29. The Morgan fingerprint density at radius 3 is 2.67 bits per heavy atom. The Hall–Kier alpha value is -0.960. The minimum atomic E-state index is 0.373. The van der Waals surface area contributed by atoms with Crippen molar-refractivity contribution < 1.29 is 0 Å². The van der Waals surface area contributed by atoms with Crippen LogP contribution in [0.2, 0.25) is 0 Å². The zero-order valence-electron chi connectivity index (χ0n) is 11.4. The number of nitrogens with zero attached hydrogens (tertiary/aromatic N) is 1. The number of aliphatic imine (C=N–C) groups is 1. The van der Waals surface area contributed by atoms with Crippen LogP contribution in [-0.4, -0.2) is 17.0 Å². The summed E-state index contributed by atoms with van der Waals surface area (Å²) in [7, 11) is 0. The first-order valence-electron chi connectivity index (χ1n) is 6.72. The van der Waals surface area contributed by atoms with Crippen molar-refractivity contribution in [2.24, 2.45) is 10.9 Å². The summed E-state index contributed by atoms with van der Waals surface area (Å²) < 4.78 is 0. The van der Waals surface area contributed by atoms with E-state index in [1.165, 1.54) is 5.56 Å². The Bertz CT molecular complexity index is 402. The molecule has 0 fully saturated rings. The van der Waals surface area contributed by atoms with E-state index in [0.29, 0.717) is 18.0 Å². The van der Waals surface area contributed by atoms with E-state index in [1.807, 2.05) is 11.8 Å². The summed E-state index contributed by atoms with van der Waals surface area (Å²) in [5.41, 5.74) is 1.34. The summed E-state index contributed by atoms with van der Waals surface area (Å²) in [6, 6.07) is 11.4.